The van der Waals surface area contributed by atoms with Gasteiger partial charge in [0, 0.05) is 55.9 Å². The smallest absolute Gasteiger partial charge is 0.246 e. The van der Waals surface area contributed by atoms with E-state index in [1.54, 1.807) is 41.5 Å². The molecular weight excluding hydrogens is 1100 g/mol. The van der Waals surface area contributed by atoms with Gasteiger partial charge in [0.1, 0.15) is 66.5 Å². The highest BCUT2D eigenvalue weighted by Gasteiger charge is 2.47. The minimum absolute atomic E-state index is 0. The van der Waals surface area contributed by atoms with Crippen LogP contribution >= 0.6 is 0 Å². The van der Waals surface area contributed by atoms with Crippen LogP contribution in [-0.2, 0) is 57.5 Å². The molecule has 23 heteroatoms. The molecule has 0 aromatic heterocycles. The van der Waals surface area contributed by atoms with E-state index in [9.17, 15) is 43.2 Å². The van der Waals surface area contributed by atoms with Crippen molar-refractivity contribution in [3.8, 4) is 0 Å². The Bertz CT molecular complexity index is 2330. The minimum atomic E-state index is -1.29. The van der Waals surface area contributed by atoms with E-state index in [2.05, 4.69) is 21.3 Å². The molecule has 23 nitrogen and oxygen atoms in total. The number of hydrogen-bond donors (Lipinski definition) is 4. The number of carbonyl (C=O) groups excluding carboxylic acids is 11. The van der Waals surface area contributed by atoms with Crippen molar-refractivity contribution in [1.82, 2.24) is 55.6 Å². The van der Waals surface area contributed by atoms with Gasteiger partial charge in [0.2, 0.25) is 65.0 Å². The third-order valence-corrected chi connectivity index (χ3v) is 16.9. The second kappa shape index (κ2) is 34.6. The largest absolute Gasteiger partial charge is 0.375 e. The van der Waals surface area contributed by atoms with Crippen molar-refractivity contribution < 1.29 is 57.5 Å². The van der Waals surface area contributed by atoms with E-state index in [1.807, 2.05) is 62.3 Å². The first-order valence-electron chi connectivity index (χ1n) is 31.0. The van der Waals surface area contributed by atoms with Crippen molar-refractivity contribution in [2.45, 2.75) is 243 Å². The normalized spacial score (nSPS) is 29.3. The Labute approximate surface area is 516 Å². The van der Waals surface area contributed by atoms with Crippen molar-refractivity contribution in [2.75, 3.05) is 55.9 Å². The zero-order chi connectivity index (χ0) is 65.6. The first-order chi connectivity index (χ1) is 39.3. The minimum Gasteiger partial charge on any atom is -0.375 e. The Hall–Kier alpha value is -5.87. The molecule has 86 heavy (non-hydrogen) atoms. The molecule has 2 heterocycles. The van der Waals surface area contributed by atoms with Crippen LogP contribution in [-0.4, -0.2) is 228 Å². The van der Waals surface area contributed by atoms with Gasteiger partial charge in [-0.1, -0.05) is 111 Å². The number of nitrogens with one attached hydrogen (secondary N) is 4. The average molecular weight is 1220 g/mol. The van der Waals surface area contributed by atoms with Crippen LogP contribution in [0.4, 0.5) is 0 Å². The van der Waals surface area contributed by atoms with Crippen molar-refractivity contribution in [3.63, 3.8) is 0 Å². The second-order valence-corrected chi connectivity index (χ2v) is 26.5. The fourth-order valence-corrected chi connectivity index (χ4v) is 11.6. The summed E-state index contributed by atoms with van der Waals surface area (Å²) >= 11 is 0. The highest BCUT2D eigenvalue weighted by atomic mass is 16.5. The molecule has 2 aliphatic heterocycles. The van der Waals surface area contributed by atoms with E-state index < -0.39 is 149 Å². The molecule has 2 aliphatic rings. The van der Waals surface area contributed by atoms with Crippen LogP contribution in [0.15, 0.2) is 0 Å². The Kier molecular flexibility index (Phi) is 31.5. The van der Waals surface area contributed by atoms with Gasteiger partial charge in [0.15, 0.2) is 0 Å². The molecule has 2 rings (SSSR count). The monoisotopic (exact) mass is 1220 g/mol. The molecule has 494 valence electrons. The molecule has 4 N–H and O–H groups in total. The fourth-order valence-electron chi connectivity index (χ4n) is 11.6. The number of rotatable bonds is 13. The molecule has 0 saturated carbocycles. The van der Waals surface area contributed by atoms with E-state index in [0.717, 1.165) is 0 Å². The van der Waals surface area contributed by atoms with Gasteiger partial charge in [-0.05, 0) is 100 Å². The zero-order valence-corrected chi connectivity index (χ0v) is 56.2. The standard InChI is InChI=1S/C62H111N11O12.CH4/c1-25-42-57(79)67(18)43(26-2)58(80)68(19)45(30-34(5)6)54(76)66-48(37(11)12)61(83)69(20)44(29-33(3)4)53(75)63-40(16)52(74)64-41(17)56(78)70(21)46(31-35(7)8)59(81)71(22)47(32-36(9)10)60(82)72(23)49(38(13)14)62(84)73(24)50(55(77)65-42)51-39(15)27-28-85-51;/h33-51H,25-32H2,1-24H3,(H,63,75)(H,64,74)(H,65,77)(H,66,76);1H4/t39-,40-,41-,42-,43-,44-,45+,46-,47-,48-,49-,50-,51-;/m1./s1. The van der Waals surface area contributed by atoms with Crippen LogP contribution in [0.5, 0.6) is 0 Å². The third-order valence-electron chi connectivity index (χ3n) is 16.9. The molecule has 0 aromatic rings. The lowest BCUT2D eigenvalue weighted by Crippen LogP contribution is -2.63. The summed E-state index contributed by atoms with van der Waals surface area (Å²) in [5, 5.41) is 11.2. The van der Waals surface area contributed by atoms with E-state index in [0.29, 0.717) is 13.0 Å². The summed E-state index contributed by atoms with van der Waals surface area (Å²) in [5.74, 6) is -8.56. The predicted molar refractivity (Wildman–Crippen MR) is 333 cm³/mol. The second-order valence-electron chi connectivity index (χ2n) is 26.5. The lowest BCUT2D eigenvalue weighted by atomic mass is 9.93. The molecule has 0 spiro atoms. The molecule has 11 amide bonds. The molecule has 0 aliphatic carbocycles. The number of amides is 11. The number of hydrogen-bond acceptors (Lipinski definition) is 12. The SMILES string of the molecule is C.CC[C@@H]1C(=O)N(C)[C@@H](CC(C)C)C(=O)N[C@H](C(C)C)C(=O)N(C)[C@H](CC(C)C)C(=O)N[C@H](C)C(=O)N[C@H](C)C(=O)N(C)[C@H](CC(C)C)C(=O)N(C)[C@H](CC(C)C)C(=O)N(C)[C@H](C(C)C)C(=O)N(C)[C@H]([C@@H]2OCC[C@H]2C)C(=O)N[C@H](CC)C(=O)N1C. The number of ether oxygens (including phenoxy) is 1. The average Bonchev–Trinajstić information content (AvgIpc) is 1.49. The Morgan fingerprint density at radius 1 is 0.407 bits per heavy atom. The highest BCUT2D eigenvalue weighted by molar-refractivity contribution is 6.00. The van der Waals surface area contributed by atoms with Gasteiger partial charge < -0.3 is 60.3 Å². The molecule has 0 aromatic carbocycles. The van der Waals surface area contributed by atoms with Crippen LogP contribution in [0.2, 0.25) is 0 Å². The van der Waals surface area contributed by atoms with Gasteiger partial charge in [-0.25, -0.2) is 0 Å². The number of nitrogens with zero attached hydrogens (tertiary/aromatic N) is 7. The van der Waals surface area contributed by atoms with Gasteiger partial charge >= 0.3 is 0 Å². The van der Waals surface area contributed by atoms with Gasteiger partial charge in [-0.15, -0.1) is 0 Å². The quantitative estimate of drug-likeness (QED) is 0.203. The first kappa shape index (κ1) is 78.1. The third kappa shape index (κ3) is 20.1. The predicted octanol–water partition coefficient (Wildman–Crippen LogP) is 4.15. The summed E-state index contributed by atoms with van der Waals surface area (Å²) in [4.78, 5) is 171. The van der Waals surface area contributed by atoms with Gasteiger partial charge in [0.05, 0.1) is 6.10 Å². The first-order valence-corrected chi connectivity index (χ1v) is 31.0. The summed E-state index contributed by atoms with van der Waals surface area (Å²) in [6.45, 7) is 30.6. The fraction of sp³-hybridized carbons (Fsp3) is 0.825. The topological polar surface area (TPSA) is 268 Å². The zero-order valence-electron chi connectivity index (χ0n) is 56.2. The van der Waals surface area contributed by atoms with E-state index in [1.165, 1.54) is 97.5 Å². The Balaban J connectivity index is 0.0000370. The van der Waals surface area contributed by atoms with Crippen molar-refractivity contribution in [3.05, 3.63) is 0 Å². The van der Waals surface area contributed by atoms with E-state index >= 15 is 9.59 Å². The van der Waals surface area contributed by atoms with Crippen molar-refractivity contribution >= 4 is 65.0 Å². The molecule has 0 radical (unpaired) electrons. The molecule has 2 saturated heterocycles. The maximum atomic E-state index is 15.2. The molecule has 2 fully saturated rings. The molecular formula is C63H115N11O12. The van der Waals surface area contributed by atoms with Gasteiger partial charge in [0.25, 0.3) is 0 Å². The Morgan fingerprint density at radius 2 is 0.802 bits per heavy atom. The number of likely N-dealkylation sites (N-methyl/N-ethyl adjacent to an activating group) is 7. The summed E-state index contributed by atoms with van der Waals surface area (Å²) < 4.78 is 6.19. The lowest BCUT2D eigenvalue weighted by Gasteiger charge is -2.41. The van der Waals surface area contributed by atoms with Crippen LogP contribution in [0.1, 0.15) is 170 Å². The van der Waals surface area contributed by atoms with E-state index in [4.69, 9.17) is 4.74 Å². The van der Waals surface area contributed by atoms with Gasteiger partial charge in [-0.2, -0.15) is 0 Å². The van der Waals surface area contributed by atoms with Crippen LogP contribution < -0.4 is 21.3 Å². The van der Waals surface area contributed by atoms with Crippen LogP contribution in [0.25, 0.3) is 0 Å². The maximum absolute atomic E-state index is 15.2. The lowest BCUT2D eigenvalue weighted by molar-refractivity contribution is -0.157. The Morgan fingerprint density at radius 3 is 1.22 bits per heavy atom. The van der Waals surface area contributed by atoms with Crippen LogP contribution in [0, 0.1) is 41.4 Å². The van der Waals surface area contributed by atoms with Crippen molar-refractivity contribution in [2.24, 2.45) is 41.4 Å². The van der Waals surface area contributed by atoms with Crippen molar-refractivity contribution in [1.29, 1.82) is 0 Å². The summed E-state index contributed by atoms with van der Waals surface area (Å²) in [5.41, 5.74) is 0. The summed E-state index contributed by atoms with van der Waals surface area (Å²) in [6, 6.07) is -12.8. The van der Waals surface area contributed by atoms with E-state index in [-0.39, 0.29) is 75.5 Å². The maximum Gasteiger partial charge on any atom is 0.246 e. The number of carbonyl (C=O) groups is 11. The highest BCUT2D eigenvalue weighted by Crippen LogP contribution is 2.29. The van der Waals surface area contributed by atoms with Crippen LogP contribution in [0.3, 0.4) is 0 Å². The molecule has 0 bridgehead atoms. The summed E-state index contributed by atoms with van der Waals surface area (Å²) in [7, 11) is 10.3. The molecule has 0 unspecified atom stereocenters. The summed E-state index contributed by atoms with van der Waals surface area (Å²) in [6.07, 6.45) is 0.668. The molecule has 13 atom stereocenters. The van der Waals surface area contributed by atoms with Gasteiger partial charge in [-0.3, -0.25) is 52.7 Å².